The van der Waals surface area contributed by atoms with Gasteiger partial charge in [0, 0.05) is 23.4 Å². The minimum Gasteiger partial charge on any atom is -0.352 e. The van der Waals surface area contributed by atoms with E-state index >= 15 is 0 Å². The van der Waals surface area contributed by atoms with Crippen LogP contribution in [0.25, 0.3) is 0 Å². The van der Waals surface area contributed by atoms with Crippen molar-refractivity contribution in [2.24, 2.45) is 0 Å². The lowest BCUT2D eigenvalue weighted by Crippen LogP contribution is -2.52. The third-order valence-corrected chi connectivity index (χ3v) is 7.42. The smallest absolute Gasteiger partial charge is 0.243 e. The second-order valence-corrected chi connectivity index (χ2v) is 10.3. The minimum absolute atomic E-state index is 0.00103. The lowest BCUT2D eigenvalue weighted by molar-refractivity contribution is -0.139. The number of amides is 2. The van der Waals surface area contributed by atoms with E-state index in [1.807, 2.05) is 56.3 Å². The molecule has 0 aromatic heterocycles. The van der Waals surface area contributed by atoms with Crippen LogP contribution < -0.4 is 5.32 Å². The van der Waals surface area contributed by atoms with Crippen LogP contribution in [0.15, 0.2) is 48.5 Å². The molecule has 1 atom stereocenters. The van der Waals surface area contributed by atoms with Gasteiger partial charge in [0.25, 0.3) is 0 Å². The number of nitrogens with one attached hydrogen (secondary N) is 1. The fourth-order valence-electron chi connectivity index (χ4n) is 4.39. The largest absolute Gasteiger partial charge is 0.352 e. The number of rotatable bonds is 10. The van der Waals surface area contributed by atoms with Gasteiger partial charge < -0.3 is 10.2 Å². The molecule has 4 nitrogen and oxygen atoms in total. The monoisotopic (exact) mass is 486 g/mol. The predicted octanol–water partition coefficient (Wildman–Crippen LogP) is 6.14. The van der Waals surface area contributed by atoms with E-state index in [-0.39, 0.29) is 17.9 Å². The van der Waals surface area contributed by atoms with Gasteiger partial charge in [-0.1, -0.05) is 79.7 Å². The molecule has 1 aliphatic rings. The van der Waals surface area contributed by atoms with Gasteiger partial charge >= 0.3 is 0 Å². The van der Waals surface area contributed by atoms with Gasteiger partial charge in [0.1, 0.15) is 6.04 Å². The molecular formula is C27H35ClN2O2S. The van der Waals surface area contributed by atoms with E-state index in [9.17, 15) is 9.59 Å². The Kier molecular flexibility index (Phi) is 10.1. The highest BCUT2D eigenvalue weighted by atomic mass is 35.5. The molecule has 1 N–H and O–H groups in total. The van der Waals surface area contributed by atoms with Crippen molar-refractivity contribution in [2.75, 3.05) is 5.75 Å². The van der Waals surface area contributed by atoms with E-state index in [1.165, 1.54) is 6.42 Å². The van der Waals surface area contributed by atoms with Crippen LogP contribution >= 0.6 is 23.4 Å². The molecule has 0 spiro atoms. The number of benzene rings is 2. The second-order valence-electron chi connectivity index (χ2n) is 8.90. The van der Waals surface area contributed by atoms with E-state index in [2.05, 4.69) is 11.4 Å². The molecule has 1 saturated carbocycles. The molecular weight excluding hydrogens is 452 g/mol. The van der Waals surface area contributed by atoms with Crippen LogP contribution in [0.1, 0.15) is 62.1 Å². The van der Waals surface area contributed by atoms with Crippen molar-refractivity contribution in [2.45, 2.75) is 76.8 Å². The van der Waals surface area contributed by atoms with Gasteiger partial charge in [-0.15, -0.1) is 11.8 Å². The van der Waals surface area contributed by atoms with Crippen LogP contribution in [-0.2, 0) is 21.9 Å². The standard InChI is InChI=1S/C27H35ClN2O2S/c1-3-25(27(32)29-24-10-5-4-6-11-24)30(17-22-9-7-8-20(2)16-22)26(31)19-33-18-21-12-14-23(28)15-13-21/h7-9,12-16,24-25H,3-6,10-11,17-19H2,1-2H3,(H,29,32)/t25-/m0/s1. The predicted molar refractivity (Wildman–Crippen MR) is 138 cm³/mol. The molecule has 33 heavy (non-hydrogen) atoms. The summed E-state index contributed by atoms with van der Waals surface area (Å²) in [6.45, 7) is 4.48. The number of thioether (sulfide) groups is 1. The molecule has 6 heteroatoms. The quantitative estimate of drug-likeness (QED) is 0.439. The number of hydrogen-bond acceptors (Lipinski definition) is 3. The van der Waals surface area contributed by atoms with Crippen molar-refractivity contribution in [3.05, 3.63) is 70.2 Å². The van der Waals surface area contributed by atoms with Crippen LogP contribution in [-0.4, -0.2) is 34.6 Å². The Bertz CT molecular complexity index is 913. The lowest BCUT2D eigenvalue weighted by Gasteiger charge is -2.33. The van der Waals surface area contributed by atoms with Gasteiger partial charge in [-0.05, 0) is 49.4 Å². The van der Waals surface area contributed by atoms with Crippen LogP contribution in [0, 0.1) is 6.92 Å². The highest BCUT2D eigenvalue weighted by Gasteiger charge is 2.30. The third kappa shape index (κ3) is 8.08. The maximum Gasteiger partial charge on any atom is 0.243 e. The number of carbonyl (C=O) groups is 2. The van der Waals surface area contributed by atoms with Crippen LogP contribution in [0.5, 0.6) is 0 Å². The minimum atomic E-state index is -0.462. The maximum atomic E-state index is 13.4. The van der Waals surface area contributed by atoms with Crippen molar-refractivity contribution in [3.63, 3.8) is 0 Å². The number of nitrogens with zero attached hydrogens (tertiary/aromatic N) is 1. The summed E-state index contributed by atoms with van der Waals surface area (Å²) < 4.78 is 0. The summed E-state index contributed by atoms with van der Waals surface area (Å²) in [4.78, 5) is 28.4. The molecule has 0 bridgehead atoms. The van der Waals surface area contributed by atoms with Gasteiger partial charge in [-0.3, -0.25) is 9.59 Å². The third-order valence-electron chi connectivity index (χ3n) is 6.18. The van der Waals surface area contributed by atoms with E-state index in [0.29, 0.717) is 23.7 Å². The number of carbonyl (C=O) groups excluding carboxylic acids is 2. The zero-order chi connectivity index (χ0) is 23.6. The number of halogens is 1. The Morgan fingerprint density at radius 3 is 2.48 bits per heavy atom. The average molecular weight is 487 g/mol. The molecule has 3 rings (SSSR count). The zero-order valence-corrected chi connectivity index (χ0v) is 21.3. The molecule has 2 amide bonds. The van der Waals surface area contributed by atoms with Gasteiger partial charge in [0.2, 0.25) is 11.8 Å². The van der Waals surface area contributed by atoms with Gasteiger partial charge in [-0.25, -0.2) is 0 Å². The molecule has 0 unspecified atom stereocenters. The maximum absolute atomic E-state index is 13.4. The fraction of sp³-hybridized carbons (Fsp3) is 0.481. The molecule has 0 radical (unpaired) electrons. The summed E-state index contributed by atoms with van der Waals surface area (Å²) in [7, 11) is 0. The Balaban J connectivity index is 1.69. The van der Waals surface area contributed by atoms with Crippen molar-refractivity contribution in [1.29, 1.82) is 0 Å². The Hall–Kier alpha value is -1.98. The summed E-state index contributed by atoms with van der Waals surface area (Å²) in [5, 5.41) is 3.94. The van der Waals surface area contributed by atoms with Gasteiger partial charge in [0.15, 0.2) is 0 Å². The van der Waals surface area contributed by atoms with Gasteiger partial charge in [-0.2, -0.15) is 0 Å². The summed E-state index contributed by atoms with van der Waals surface area (Å²) in [5.41, 5.74) is 3.33. The summed E-state index contributed by atoms with van der Waals surface area (Å²) in [6, 6.07) is 15.6. The topological polar surface area (TPSA) is 49.4 Å². The fourth-order valence-corrected chi connectivity index (χ4v) is 5.39. The first-order valence-corrected chi connectivity index (χ1v) is 13.5. The van der Waals surface area contributed by atoms with Crippen LogP contribution in [0.3, 0.4) is 0 Å². The van der Waals surface area contributed by atoms with E-state index < -0.39 is 6.04 Å². The Labute approximate surface area is 207 Å². The summed E-state index contributed by atoms with van der Waals surface area (Å²) in [6.07, 6.45) is 6.23. The van der Waals surface area contributed by atoms with E-state index in [1.54, 1.807) is 16.7 Å². The molecule has 1 aliphatic carbocycles. The number of hydrogen-bond donors (Lipinski definition) is 1. The van der Waals surface area contributed by atoms with E-state index in [4.69, 9.17) is 11.6 Å². The first kappa shape index (κ1) is 25.6. The molecule has 0 saturated heterocycles. The Morgan fingerprint density at radius 1 is 1.09 bits per heavy atom. The highest BCUT2D eigenvalue weighted by molar-refractivity contribution is 7.99. The van der Waals surface area contributed by atoms with Crippen LogP contribution in [0.4, 0.5) is 0 Å². The first-order valence-electron chi connectivity index (χ1n) is 11.9. The average Bonchev–Trinajstić information content (AvgIpc) is 2.81. The second kappa shape index (κ2) is 13.0. The number of aryl methyl sites for hydroxylation is 1. The van der Waals surface area contributed by atoms with Crippen LogP contribution in [0.2, 0.25) is 5.02 Å². The SMILES string of the molecule is CC[C@@H](C(=O)NC1CCCCC1)N(Cc1cccc(C)c1)C(=O)CSCc1ccc(Cl)cc1. The Morgan fingerprint density at radius 2 is 1.82 bits per heavy atom. The molecule has 178 valence electrons. The highest BCUT2D eigenvalue weighted by Crippen LogP contribution is 2.21. The molecule has 2 aromatic rings. The molecule has 0 aliphatic heterocycles. The van der Waals surface area contributed by atoms with Crippen molar-refractivity contribution in [3.8, 4) is 0 Å². The first-order chi connectivity index (χ1) is 16.0. The molecule has 2 aromatic carbocycles. The molecule has 1 fully saturated rings. The van der Waals surface area contributed by atoms with Crippen molar-refractivity contribution in [1.82, 2.24) is 10.2 Å². The molecule has 0 heterocycles. The normalized spacial score (nSPS) is 15.1. The van der Waals surface area contributed by atoms with Crippen molar-refractivity contribution >= 4 is 35.2 Å². The summed E-state index contributed by atoms with van der Waals surface area (Å²) in [5.74, 6) is 1.04. The lowest BCUT2D eigenvalue weighted by atomic mass is 9.95. The van der Waals surface area contributed by atoms with E-state index in [0.717, 1.165) is 48.1 Å². The van der Waals surface area contributed by atoms with Crippen molar-refractivity contribution < 1.29 is 9.59 Å². The zero-order valence-electron chi connectivity index (χ0n) is 19.7. The summed E-state index contributed by atoms with van der Waals surface area (Å²) >= 11 is 7.54. The van der Waals surface area contributed by atoms with Gasteiger partial charge in [0.05, 0.1) is 5.75 Å².